The first kappa shape index (κ1) is 18.9. The van der Waals surface area contributed by atoms with E-state index < -0.39 is 0 Å². The molecule has 1 N–H and O–H groups in total. The number of carbonyl (C=O) groups is 2. The maximum atomic E-state index is 12.3. The molecular formula is C18H27N3O2S. The van der Waals surface area contributed by atoms with Crippen LogP contribution in [0.2, 0.25) is 0 Å². The molecule has 0 aliphatic heterocycles. The van der Waals surface area contributed by atoms with Crippen LogP contribution in [0.25, 0.3) is 0 Å². The number of carbonyl (C=O) groups excluding carboxylic acids is 2. The predicted molar refractivity (Wildman–Crippen MR) is 96.4 cm³/mol. The molecule has 1 aliphatic rings. The summed E-state index contributed by atoms with van der Waals surface area (Å²) in [4.78, 5) is 33.0. The van der Waals surface area contributed by atoms with E-state index in [1.54, 1.807) is 0 Å². The van der Waals surface area contributed by atoms with E-state index in [1.807, 2.05) is 13.8 Å². The van der Waals surface area contributed by atoms with E-state index in [0.29, 0.717) is 34.4 Å². The molecule has 5 nitrogen and oxygen atoms in total. The van der Waals surface area contributed by atoms with Gasteiger partial charge in [0.25, 0.3) is 0 Å². The maximum absolute atomic E-state index is 12.3. The van der Waals surface area contributed by atoms with Gasteiger partial charge in [0, 0.05) is 12.5 Å². The molecule has 2 rings (SSSR count). The van der Waals surface area contributed by atoms with E-state index in [0.717, 1.165) is 6.42 Å². The Morgan fingerprint density at radius 3 is 2.58 bits per heavy atom. The highest BCUT2D eigenvalue weighted by Gasteiger charge is 2.23. The number of aromatic nitrogens is 2. The standard InChI is InChI=1S/C18H27N3O2S/c1-5-15-19-12(3)17(13(4)22)18(21-15)24-10-16(23)20-14-9-7-6-8-11(14)2/h11,14H,5-10H2,1-4H3,(H,20,23)/t11-,14+/m0/s1. The Hall–Kier alpha value is -1.43. The summed E-state index contributed by atoms with van der Waals surface area (Å²) in [6.45, 7) is 7.52. The van der Waals surface area contributed by atoms with Crippen LogP contribution in [0.3, 0.4) is 0 Å². The van der Waals surface area contributed by atoms with Gasteiger partial charge >= 0.3 is 0 Å². The number of rotatable bonds is 6. The van der Waals surface area contributed by atoms with Gasteiger partial charge in [-0.3, -0.25) is 9.59 Å². The Morgan fingerprint density at radius 2 is 1.96 bits per heavy atom. The van der Waals surface area contributed by atoms with Crippen LogP contribution in [-0.4, -0.2) is 33.5 Å². The van der Waals surface area contributed by atoms with Gasteiger partial charge in [0.15, 0.2) is 5.78 Å². The molecule has 0 saturated heterocycles. The molecule has 1 saturated carbocycles. The third-order valence-corrected chi connectivity index (χ3v) is 5.54. The van der Waals surface area contributed by atoms with Gasteiger partial charge in [-0.15, -0.1) is 0 Å². The van der Waals surface area contributed by atoms with E-state index in [9.17, 15) is 9.59 Å². The summed E-state index contributed by atoms with van der Waals surface area (Å²) in [5.74, 6) is 1.49. The lowest BCUT2D eigenvalue weighted by molar-refractivity contribution is -0.119. The topological polar surface area (TPSA) is 72.0 Å². The van der Waals surface area contributed by atoms with Crippen molar-refractivity contribution in [3.63, 3.8) is 0 Å². The first-order chi connectivity index (χ1) is 11.4. The van der Waals surface area contributed by atoms with Gasteiger partial charge in [-0.05, 0) is 32.6 Å². The van der Waals surface area contributed by atoms with Crippen molar-refractivity contribution >= 4 is 23.5 Å². The molecule has 1 heterocycles. The summed E-state index contributed by atoms with van der Waals surface area (Å²) in [5.41, 5.74) is 1.23. The van der Waals surface area contributed by atoms with Crippen molar-refractivity contribution in [2.45, 2.75) is 70.9 Å². The van der Waals surface area contributed by atoms with Gasteiger partial charge in [0.1, 0.15) is 10.9 Å². The molecule has 6 heteroatoms. The van der Waals surface area contributed by atoms with Gasteiger partial charge in [0.05, 0.1) is 17.0 Å². The van der Waals surface area contributed by atoms with E-state index >= 15 is 0 Å². The number of thioether (sulfide) groups is 1. The zero-order chi connectivity index (χ0) is 17.7. The number of nitrogens with zero attached hydrogens (tertiary/aromatic N) is 2. The van der Waals surface area contributed by atoms with Crippen molar-refractivity contribution in [2.24, 2.45) is 5.92 Å². The van der Waals surface area contributed by atoms with Crippen molar-refractivity contribution in [1.82, 2.24) is 15.3 Å². The highest BCUT2D eigenvalue weighted by molar-refractivity contribution is 8.00. The monoisotopic (exact) mass is 349 g/mol. The Kier molecular flexibility index (Phi) is 6.78. The normalized spacial score (nSPS) is 20.7. The van der Waals surface area contributed by atoms with Crippen molar-refractivity contribution in [1.29, 1.82) is 0 Å². The number of nitrogens with one attached hydrogen (secondary N) is 1. The number of ketones is 1. The third-order valence-electron chi connectivity index (χ3n) is 4.57. The van der Waals surface area contributed by atoms with Gasteiger partial charge in [-0.2, -0.15) is 0 Å². The SMILES string of the molecule is CCc1nc(C)c(C(C)=O)c(SCC(=O)N[C@@H]2CCCC[C@@H]2C)n1. The van der Waals surface area contributed by atoms with Crippen molar-refractivity contribution < 1.29 is 9.59 Å². The van der Waals surface area contributed by atoms with Crippen LogP contribution in [0.4, 0.5) is 0 Å². The van der Waals surface area contributed by atoms with Gasteiger partial charge in [0.2, 0.25) is 5.91 Å². The molecule has 1 aliphatic carbocycles. The largest absolute Gasteiger partial charge is 0.352 e. The fourth-order valence-corrected chi connectivity index (χ4v) is 4.14. The zero-order valence-electron chi connectivity index (χ0n) is 15.0. The Morgan fingerprint density at radius 1 is 1.25 bits per heavy atom. The highest BCUT2D eigenvalue weighted by atomic mass is 32.2. The minimum atomic E-state index is -0.0565. The quantitative estimate of drug-likeness (QED) is 0.484. The van der Waals surface area contributed by atoms with Gasteiger partial charge in [-0.1, -0.05) is 38.5 Å². The Labute approximate surface area is 148 Å². The minimum absolute atomic E-state index is 0.0163. The third kappa shape index (κ3) is 4.79. The molecule has 1 aromatic rings. The first-order valence-electron chi connectivity index (χ1n) is 8.73. The van der Waals surface area contributed by atoms with Crippen LogP contribution in [-0.2, 0) is 11.2 Å². The summed E-state index contributed by atoms with van der Waals surface area (Å²) < 4.78 is 0. The van der Waals surface area contributed by atoms with E-state index in [4.69, 9.17) is 0 Å². The second kappa shape index (κ2) is 8.60. The predicted octanol–water partition coefficient (Wildman–Crippen LogP) is 3.34. The number of amides is 1. The molecule has 0 unspecified atom stereocenters. The fraction of sp³-hybridized carbons (Fsp3) is 0.667. The zero-order valence-corrected chi connectivity index (χ0v) is 15.8. The molecule has 24 heavy (non-hydrogen) atoms. The first-order valence-corrected chi connectivity index (χ1v) is 9.71. The molecule has 1 aromatic heterocycles. The lowest BCUT2D eigenvalue weighted by Crippen LogP contribution is -2.41. The van der Waals surface area contributed by atoms with Gasteiger partial charge in [-0.25, -0.2) is 9.97 Å². The van der Waals surface area contributed by atoms with E-state index in [-0.39, 0.29) is 23.5 Å². The van der Waals surface area contributed by atoms with E-state index in [1.165, 1.54) is 37.9 Å². The number of hydrogen-bond donors (Lipinski definition) is 1. The van der Waals surface area contributed by atoms with Crippen LogP contribution in [0.5, 0.6) is 0 Å². The summed E-state index contributed by atoms with van der Waals surface area (Å²) in [5, 5.41) is 3.77. The fourth-order valence-electron chi connectivity index (χ4n) is 3.18. The minimum Gasteiger partial charge on any atom is -0.352 e. The molecular weight excluding hydrogens is 322 g/mol. The molecule has 0 aromatic carbocycles. The van der Waals surface area contributed by atoms with Gasteiger partial charge < -0.3 is 5.32 Å². The van der Waals surface area contributed by atoms with Crippen LogP contribution in [0.15, 0.2) is 5.03 Å². The summed E-state index contributed by atoms with van der Waals surface area (Å²) >= 11 is 1.33. The summed E-state index contributed by atoms with van der Waals surface area (Å²) in [7, 11) is 0. The molecule has 1 amide bonds. The molecule has 0 spiro atoms. The second-order valence-electron chi connectivity index (χ2n) is 6.54. The summed E-state index contributed by atoms with van der Waals surface area (Å²) in [6, 6.07) is 0.275. The smallest absolute Gasteiger partial charge is 0.230 e. The number of Topliss-reactive ketones (excluding diaryl/α,β-unsaturated/α-hetero) is 1. The van der Waals surface area contributed by atoms with Crippen molar-refractivity contribution in [3.05, 3.63) is 17.1 Å². The molecule has 1 fully saturated rings. The molecule has 2 atom stereocenters. The molecule has 0 radical (unpaired) electrons. The van der Waals surface area contributed by atoms with Crippen LogP contribution < -0.4 is 5.32 Å². The lowest BCUT2D eigenvalue weighted by Gasteiger charge is -2.29. The van der Waals surface area contributed by atoms with Crippen molar-refractivity contribution in [3.8, 4) is 0 Å². The van der Waals surface area contributed by atoms with Crippen molar-refractivity contribution in [2.75, 3.05) is 5.75 Å². The maximum Gasteiger partial charge on any atom is 0.230 e. The Bertz CT molecular complexity index is 619. The lowest BCUT2D eigenvalue weighted by atomic mass is 9.86. The number of hydrogen-bond acceptors (Lipinski definition) is 5. The van der Waals surface area contributed by atoms with E-state index in [2.05, 4.69) is 22.2 Å². The highest BCUT2D eigenvalue weighted by Crippen LogP contribution is 2.25. The average molecular weight is 350 g/mol. The second-order valence-corrected chi connectivity index (χ2v) is 7.50. The molecule has 132 valence electrons. The summed E-state index contributed by atoms with van der Waals surface area (Å²) in [6.07, 6.45) is 5.38. The number of aryl methyl sites for hydroxylation is 2. The Balaban J connectivity index is 2.03. The van der Waals surface area contributed by atoms with Crippen LogP contribution in [0.1, 0.15) is 68.3 Å². The van der Waals surface area contributed by atoms with Crippen LogP contribution >= 0.6 is 11.8 Å². The average Bonchev–Trinajstić information content (AvgIpc) is 2.54. The van der Waals surface area contributed by atoms with Crippen LogP contribution in [0, 0.1) is 12.8 Å². The molecule has 0 bridgehead atoms.